The van der Waals surface area contributed by atoms with Crippen LogP contribution in [-0.2, 0) is 6.54 Å². The van der Waals surface area contributed by atoms with Gasteiger partial charge >= 0.3 is 0 Å². The van der Waals surface area contributed by atoms with E-state index in [9.17, 15) is 9.18 Å². The van der Waals surface area contributed by atoms with Crippen LogP contribution in [0.4, 0.5) is 21.0 Å². The molecule has 9 heteroatoms. The van der Waals surface area contributed by atoms with Gasteiger partial charge in [-0.05, 0) is 75.6 Å². The van der Waals surface area contributed by atoms with Crippen molar-refractivity contribution in [3.05, 3.63) is 65.0 Å². The van der Waals surface area contributed by atoms with Gasteiger partial charge in [-0.15, -0.1) is 0 Å². The van der Waals surface area contributed by atoms with Crippen molar-refractivity contribution in [1.82, 2.24) is 20.2 Å². The van der Waals surface area contributed by atoms with Gasteiger partial charge in [-0.25, -0.2) is 14.4 Å². The molecule has 3 heterocycles. The average Bonchev–Trinajstić information content (AvgIpc) is 3.51. The van der Waals surface area contributed by atoms with Crippen LogP contribution in [0.25, 0.3) is 0 Å². The van der Waals surface area contributed by atoms with Crippen LogP contribution in [0.2, 0.25) is 0 Å². The molecule has 1 saturated heterocycles. The molecule has 1 aliphatic heterocycles. The van der Waals surface area contributed by atoms with Gasteiger partial charge in [0, 0.05) is 29.4 Å². The summed E-state index contributed by atoms with van der Waals surface area (Å²) in [6.07, 6.45) is 8.05. The van der Waals surface area contributed by atoms with Crippen LogP contribution >= 0.6 is 11.3 Å². The third kappa shape index (κ3) is 6.97. The molecule has 7 nitrogen and oxygen atoms in total. The minimum Gasteiger partial charge on any atom is -0.378 e. The lowest BCUT2D eigenvalue weighted by molar-refractivity contribution is 0.0952. The molecular formula is C24H29FN6OS. The lowest BCUT2D eigenvalue weighted by atomic mass is 10.1. The van der Waals surface area contributed by atoms with Crippen molar-refractivity contribution in [2.45, 2.75) is 32.2 Å². The van der Waals surface area contributed by atoms with Crippen molar-refractivity contribution >= 4 is 33.9 Å². The SMILES string of the molecule is O=C(NCCCCN1CCCC1)c1ccc(F)c(NCc2cnc(Nc3ccccn3)s2)c1. The number of pyridine rings is 1. The number of halogens is 1. The molecule has 1 aliphatic rings. The lowest BCUT2D eigenvalue weighted by Gasteiger charge is -2.14. The lowest BCUT2D eigenvalue weighted by Crippen LogP contribution is -2.26. The number of aromatic nitrogens is 2. The van der Waals surface area contributed by atoms with Crippen molar-refractivity contribution in [3.8, 4) is 0 Å². The predicted molar refractivity (Wildman–Crippen MR) is 131 cm³/mol. The van der Waals surface area contributed by atoms with Gasteiger partial charge in [-0.3, -0.25) is 4.79 Å². The van der Waals surface area contributed by atoms with Crippen LogP contribution in [0, 0.1) is 5.82 Å². The Kier molecular flexibility index (Phi) is 8.21. The number of nitrogens with zero attached hydrogens (tertiary/aromatic N) is 3. The second-order valence-electron chi connectivity index (χ2n) is 8.03. The number of carbonyl (C=O) groups is 1. The Hall–Kier alpha value is -3.04. The maximum Gasteiger partial charge on any atom is 0.251 e. The van der Waals surface area contributed by atoms with Crippen molar-refractivity contribution in [2.24, 2.45) is 0 Å². The quantitative estimate of drug-likeness (QED) is 0.356. The average molecular weight is 469 g/mol. The van der Waals surface area contributed by atoms with Gasteiger partial charge < -0.3 is 20.9 Å². The van der Waals surface area contributed by atoms with Crippen molar-refractivity contribution in [3.63, 3.8) is 0 Å². The first-order chi connectivity index (χ1) is 16.2. The number of carbonyl (C=O) groups excluding carboxylic acids is 1. The van der Waals surface area contributed by atoms with Crippen LogP contribution in [0.3, 0.4) is 0 Å². The third-order valence-electron chi connectivity index (χ3n) is 5.52. The molecule has 1 fully saturated rings. The number of nitrogens with one attached hydrogen (secondary N) is 3. The zero-order valence-electron chi connectivity index (χ0n) is 18.5. The molecule has 2 aromatic heterocycles. The molecule has 33 heavy (non-hydrogen) atoms. The normalized spacial score (nSPS) is 13.7. The highest BCUT2D eigenvalue weighted by atomic mass is 32.1. The number of hydrogen-bond acceptors (Lipinski definition) is 7. The van der Waals surface area contributed by atoms with Gasteiger partial charge in [-0.2, -0.15) is 0 Å². The van der Waals surface area contributed by atoms with Gasteiger partial charge in [0.2, 0.25) is 0 Å². The van der Waals surface area contributed by atoms with Gasteiger partial charge in [-0.1, -0.05) is 17.4 Å². The number of likely N-dealkylation sites (tertiary alicyclic amines) is 1. The first-order valence-electron chi connectivity index (χ1n) is 11.3. The highest BCUT2D eigenvalue weighted by molar-refractivity contribution is 7.15. The fourth-order valence-corrected chi connectivity index (χ4v) is 4.51. The van der Waals surface area contributed by atoms with Crippen molar-refractivity contribution in [2.75, 3.05) is 36.8 Å². The van der Waals surface area contributed by atoms with Gasteiger partial charge in [0.05, 0.1) is 12.2 Å². The number of thiazole rings is 1. The molecule has 1 amide bonds. The van der Waals surface area contributed by atoms with Crippen LogP contribution in [-0.4, -0.2) is 47.0 Å². The fourth-order valence-electron chi connectivity index (χ4n) is 3.75. The second kappa shape index (κ2) is 11.7. The van der Waals surface area contributed by atoms with Gasteiger partial charge in [0.15, 0.2) is 5.13 Å². The Morgan fingerprint density at radius 2 is 2.00 bits per heavy atom. The van der Waals surface area contributed by atoms with E-state index in [0.29, 0.717) is 35.3 Å². The summed E-state index contributed by atoms with van der Waals surface area (Å²) in [5.41, 5.74) is 0.740. The van der Waals surface area contributed by atoms with Crippen LogP contribution in [0.1, 0.15) is 40.9 Å². The predicted octanol–water partition coefficient (Wildman–Crippen LogP) is 4.64. The van der Waals surface area contributed by atoms with Crippen LogP contribution in [0.15, 0.2) is 48.8 Å². The maximum absolute atomic E-state index is 14.3. The fraction of sp³-hybridized carbons (Fsp3) is 0.375. The molecule has 0 bridgehead atoms. The standard InChI is InChI=1S/C24H29FN6OS/c25-20-9-8-18(23(32)27-11-3-4-12-31-13-5-6-14-31)15-21(20)28-16-19-17-29-24(33-19)30-22-7-1-2-10-26-22/h1-2,7-10,15,17,28H,3-6,11-14,16H2,(H,27,32)(H,26,29,30). The number of rotatable bonds is 11. The highest BCUT2D eigenvalue weighted by Gasteiger charge is 2.12. The van der Waals surface area contributed by atoms with E-state index in [1.54, 1.807) is 18.5 Å². The summed E-state index contributed by atoms with van der Waals surface area (Å²) in [7, 11) is 0. The van der Waals surface area contributed by atoms with Gasteiger partial charge in [0.25, 0.3) is 5.91 Å². The third-order valence-corrected chi connectivity index (χ3v) is 6.43. The highest BCUT2D eigenvalue weighted by Crippen LogP contribution is 2.23. The molecule has 1 aromatic carbocycles. The van der Waals surface area contributed by atoms with E-state index in [1.807, 2.05) is 18.2 Å². The number of hydrogen-bond donors (Lipinski definition) is 3. The first-order valence-corrected chi connectivity index (χ1v) is 12.2. The maximum atomic E-state index is 14.3. The first kappa shape index (κ1) is 23.1. The van der Waals surface area contributed by atoms with E-state index in [-0.39, 0.29) is 5.91 Å². The summed E-state index contributed by atoms with van der Waals surface area (Å²) in [5.74, 6) is 0.138. The van der Waals surface area contributed by atoms with Gasteiger partial charge in [0.1, 0.15) is 11.6 Å². The van der Waals surface area contributed by atoms with E-state index in [0.717, 1.165) is 24.3 Å². The monoisotopic (exact) mass is 468 g/mol. The Morgan fingerprint density at radius 3 is 2.82 bits per heavy atom. The Balaban J connectivity index is 1.24. The number of amides is 1. The van der Waals surface area contributed by atoms with Crippen molar-refractivity contribution in [1.29, 1.82) is 0 Å². The van der Waals surface area contributed by atoms with Crippen LogP contribution in [0.5, 0.6) is 0 Å². The summed E-state index contributed by atoms with van der Waals surface area (Å²) in [5, 5.41) is 9.87. The summed E-state index contributed by atoms with van der Waals surface area (Å²) >= 11 is 1.46. The molecule has 3 aromatic rings. The number of unbranched alkanes of at least 4 members (excludes halogenated alkanes) is 1. The summed E-state index contributed by atoms with van der Waals surface area (Å²) in [6, 6.07) is 10.0. The molecule has 0 aliphatic carbocycles. The number of anilines is 3. The second-order valence-corrected chi connectivity index (χ2v) is 9.15. The molecule has 0 unspecified atom stereocenters. The minimum absolute atomic E-state index is 0.182. The summed E-state index contributed by atoms with van der Waals surface area (Å²) < 4.78 is 14.3. The van der Waals surface area contributed by atoms with E-state index < -0.39 is 5.82 Å². The number of benzene rings is 1. The Morgan fingerprint density at radius 1 is 1.12 bits per heavy atom. The smallest absolute Gasteiger partial charge is 0.251 e. The van der Waals surface area contributed by atoms with Crippen LogP contribution < -0.4 is 16.0 Å². The molecule has 0 saturated carbocycles. The Labute approximate surface area is 197 Å². The van der Waals surface area contributed by atoms with E-state index in [1.165, 1.54) is 49.4 Å². The molecule has 4 rings (SSSR count). The zero-order chi connectivity index (χ0) is 22.9. The summed E-state index contributed by atoms with van der Waals surface area (Å²) in [4.78, 5) is 24.4. The molecule has 3 N–H and O–H groups in total. The van der Waals surface area contributed by atoms with E-state index >= 15 is 0 Å². The largest absolute Gasteiger partial charge is 0.378 e. The summed E-state index contributed by atoms with van der Waals surface area (Å²) in [6.45, 7) is 4.51. The molecule has 174 valence electrons. The molecule has 0 atom stereocenters. The zero-order valence-corrected chi connectivity index (χ0v) is 19.3. The Bertz CT molecular complexity index is 1040. The van der Waals surface area contributed by atoms with E-state index in [2.05, 4.69) is 30.8 Å². The molecule has 0 radical (unpaired) electrons. The molecular weight excluding hydrogens is 439 g/mol. The minimum atomic E-state index is -0.395. The topological polar surface area (TPSA) is 82.2 Å². The molecule has 0 spiro atoms. The van der Waals surface area contributed by atoms with E-state index in [4.69, 9.17) is 0 Å². The van der Waals surface area contributed by atoms with Crippen molar-refractivity contribution < 1.29 is 9.18 Å².